The van der Waals surface area contributed by atoms with Crippen LogP contribution in [0, 0.1) is 0 Å². The summed E-state index contributed by atoms with van der Waals surface area (Å²) in [7, 11) is 1.86. The number of thioether (sulfide) groups is 1. The second-order valence-electron chi connectivity index (χ2n) is 4.67. The molecule has 0 radical (unpaired) electrons. The van der Waals surface area contributed by atoms with Gasteiger partial charge in [0, 0.05) is 35.5 Å². The Morgan fingerprint density at radius 1 is 1.14 bits per heavy atom. The molecule has 0 saturated heterocycles. The molecule has 2 N–H and O–H groups in total. The Hall–Kier alpha value is -2.27. The molecule has 0 spiro atoms. The van der Waals surface area contributed by atoms with E-state index in [1.807, 2.05) is 37.5 Å². The molecule has 3 rings (SSSR count). The molecule has 0 aliphatic heterocycles. The van der Waals surface area contributed by atoms with Crippen LogP contribution in [0.15, 0.2) is 53.7 Å². The van der Waals surface area contributed by atoms with E-state index in [2.05, 4.69) is 28.5 Å². The lowest BCUT2D eigenvalue weighted by atomic mass is 10.0. The third kappa shape index (κ3) is 2.40. The number of benzene rings is 1. The lowest BCUT2D eigenvalue weighted by molar-refractivity contribution is 0.782. The molecular formula is C16H16N4S. The Bertz CT molecular complexity index is 765. The summed E-state index contributed by atoms with van der Waals surface area (Å²) >= 11 is 1.70. The SMILES string of the molecule is CSc1ccccc1-c1nn(C)c(N)c1-c1cccnc1. The Balaban J connectivity index is 2.27. The Morgan fingerprint density at radius 3 is 2.67 bits per heavy atom. The summed E-state index contributed by atoms with van der Waals surface area (Å²) < 4.78 is 1.72. The third-order valence-corrected chi connectivity index (χ3v) is 4.20. The highest BCUT2D eigenvalue weighted by molar-refractivity contribution is 7.98. The van der Waals surface area contributed by atoms with Gasteiger partial charge < -0.3 is 5.73 Å². The van der Waals surface area contributed by atoms with Crippen molar-refractivity contribution in [3.05, 3.63) is 48.8 Å². The summed E-state index contributed by atoms with van der Waals surface area (Å²) in [5, 5.41) is 4.62. The maximum absolute atomic E-state index is 6.23. The quantitative estimate of drug-likeness (QED) is 0.752. The van der Waals surface area contributed by atoms with Gasteiger partial charge in [0.2, 0.25) is 0 Å². The topological polar surface area (TPSA) is 56.7 Å². The normalized spacial score (nSPS) is 10.8. The van der Waals surface area contributed by atoms with Crippen molar-refractivity contribution in [1.29, 1.82) is 0 Å². The van der Waals surface area contributed by atoms with Crippen LogP contribution >= 0.6 is 11.8 Å². The fraction of sp³-hybridized carbons (Fsp3) is 0.125. The first-order valence-corrected chi connectivity index (χ1v) is 7.81. The van der Waals surface area contributed by atoms with Crippen molar-refractivity contribution in [3.8, 4) is 22.4 Å². The molecule has 106 valence electrons. The number of hydrogen-bond acceptors (Lipinski definition) is 4. The van der Waals surface area contributed by atoms with Gasteiger partial charge in [-0.1, -0.05) is 24.3 Å². The van der Waals surface area contributed by atoms with E-state index >= 15 is 0 Å². The molecule has 0 saturated carbocycles. The lowest BCUT2D eigenvalue weighted by Gasteiger charge is -2.07. The molecule has 5 heteroatoms. The fourth-order valence-corrected chi connectivity index (χ4v) is 2.96. The highest BCUT2D eigenvalue weighted by atomic mass is 32.2. The Labute approximate surface area is 128 Å². The van der Waals surface area contributed by atoms with E-state index in [4.69, 9.17) is 5.73 Å². The number of aryl methyl sites for hydroxylation is 1. The molecule has 0 unspecified atom stereocenters. The molecule has 0 fully saturated rings. The highest BCUT2D eigenvalue weighted by Crippen LogP contribution is 2.38. The minimum absolute atomic E-state index is 0.647. The van der Waals surface area contributed by atoms with Gasteiger partial charge in [0.15, 0.2) is 0 Å². The molecule has 21 heavy (non-hydrogen) atoms. The predicted octanol–water partition coefficient (Wildman–Crippen LogP) is 3.45. The van der Waals surface area contributed by atoms with E-state index in [0.29, 0.717) is 5.82 Å². The fourth-order valence-electron chi connectivity index (χ4n) is 2.36. The van der Waals surface area contributed by atoms with E-state index in [-0.39, 0.29) is 0 Å². The summed E-state index contributed by atoms with van der Waals surface area (Å²) in [6.07, 6.45) is 5.64. The second-order valence-corrected chi connectivity index (χ2v) is 5.52. The van der Waals surface area contributed by atoms with E-state index in [9.17, 15) is 0 Å². The zero-order chi connectivity index (χ0) is 14.8. The zero-order valence-electron chi connectivity index (χ0n) is 11.9. The van der Waals surface area contributed by atoms with Crippen molar-refractivity contribution >= 4 is 17.6 Å². The van der Waals surface area contributed by atoms with Crippen LogP contribution in [-0.4, -0.2) is 21.0 Å². The average Bonchev–Trinajstić information content (AvgIpc) is 2.83. The maximum Gasteiger partial charge on any atom is 0.129 e. The van der Waals surface area contributed by atoms with Crippen molar-refractivity contribution in [2.45, 2.75) is 4.90 Å². The number of rotatable bonds is 3. The van der Waals surface area contributed by atoms with E-state index in [1.165, 1.54) is 4.90 Å². The van der Waals surface area contributed by atoms with Gasteiger partial charge in [0.05, 0.1) is 5.56 Å². The van der Waals surface area contributed by atoms with Gasteiger partial charge in [-0.25, -0.2) is 0 Å². The van der Waals surface area contributed by atoms with Crippen LogP contribution in [-0.2, 0) is 7.05 Å². The summed E-state index contributed by atoms with van der Waals surface area (Å²) in [5.41, 5.74) is 10.1. The van der Waals surface area contributed by atoms with Crippen LogP contribution in [0.4, 0.5) is 5.82 Å². The van der Waals surface area contributed by atoms with Gasteiger partial charge in [0.1, 0.15) is 11.5 Å². The van der Waals surface area contributed by atoms with Crippen molar-refractivity contribution in [1.82, 2.24) is 14.8 Å². The molecule has 0 atom stereocenters. The van der Waals surface area contributed by atoms with Crippen LogP contribution in [0.3, 0.4) is 0 Å². The van der Waals surface area contributed by atoms with Gasteiger partial charge in [-0.2, -0.15) is 5.10 Å². The van der Waals surface area contributed by atoms with Gasteiger partial charge in [0.25, 0.3) is 0 Å². The third-order valence-electron chi connectivity index (χ3n) is 3.40. The van der Waals surface area contributed by atoms with E-state index < -0.39 is 0 Å². The van der Waals surface area contributed by atoms with Gasteiger partial charge in [-0.15, -0.1) is 11.8 Å². The van der Waals surface area contributed by atoms with Crippen molar-refractivity contribution in [2.75, 3.05) is 12.0 Å². The molecule has 2 aromatic heterocycles. The molecule has 3 aromatic rings. The molecular weight excluding hydrogens is 280 g/mol. The minimum Gasteiger partial charge on any atom is -0.383 e. The summed E-state index contributed by atoms with van der Waals surface area (Å²) in [6.45, 7) is 0. The summed E-state index contributed by atoms with van der Waals surface area (Å²) in [4.78, 5) is 5.37. The van der Waals surface area contributed by atoms with Crippen LogP contribution in [0.25, 0.3) is 22.4 Å². The summed E-state index contributed by atoms with van der Waals surface area (Å²) in [6, 6.07) is 12.1. The molecule has 4 nitrogen and oxygen atoms in total. The van der Waals surface area contributed by atoms with Gasteiger partial charge in [-0.05, 0) is 18.4 Å². The first-order valence-electron chi connectivity index (χ1n) is 6.58. The average molecular weight is 296 g/mol. The van der Waals surface area contributed by atoms with Crippen molar-refractivity contribution in [2.24, 2.45) is 7.05 Å². The number of nitrogens with two attached hydrogens (primary N) is 1. The van der Waals surface area contributed by atoms with Crippen LogP contribution in [0.5, 0.6) is 0 Å². The zero-order valence-corrected chi connectivity index (χ0v) is 12.8. The van der Waals surface area contributed by atoms with Gasteiger partial charge >= 0.3 is 0 Å². The van der Waals surface area contributed by atoms with E-state index in [0.717, 1.165) is 22.4 Å². The van der Waals surface area contributed by atoms with Gasteiger partial charge in [-0.3, -0.25) is 9.67 Å². The molecule has 0 amide bonds. The lowest BCUT2D eigenvalue weighted by Crippen LogP contribution is -1.98. The number of aromatic nitrogens is 3. The molecule has 2 heterocycles. The molecule has 1 aromatic carbocycles. The van der Waals surface area contributed by atoms with Crippen LogP contribution in [0.1, 0.15) is 0 Å². The van der Waals surface area contributed by atoms with Crippen molar-refractivity contribution < 1.29 is 0 Å². The van der Waals surface area contributed by atoms with Crippen molar-refractivity contribution in [3.63, 3.8) is 0 Å². The molecule has 0 aliphatic carbocycles. The molecule has 0 aliphatic rings. The summed E-state index contributed by atoms with van der Waals surface area (Å²) in [5.74, 6) is 0.647. The highest BCUT2D eigenvalue weighted by Gasteiger charge is 2.19. The number of hydrogen-bond donors (Lipinski definition) is 1. The van der Waals surface area contributed by atoms with Crippen LogP contribution < -0.4 is 5.73 Å². The minimum atomic E-state index is 0.647. The maximum atomic E-state index is 6.23. The first-order chi connectivity index (χ1) is 10.2. The Morgan fingerprint density at radius 2 is 1.95 bits per heavy atom. The number of nitrogens with zero attached hydrogens (tertiary/aromatic N) is 3. The first kappa shape index (κ1) is 13.7. The largest absolute Gasteiger partial charge is 0.383 e. The van der Waals surface area contributed by atoms with Crippen LogP contribution in [0.2, 0.25) is 0 Å². The monoisotopic (exact) mass is 296 g/mol. The predicted molar refractivity (Wildman–Crippen MR) is 88.1 cm³/mol. The Kier molecular flexibility index (Phi) is 3.66. The number of nitrogen functional groups attached to an aromatic ring is 1. The van der Waals surface area contributed by atoms with E-state index in [1.54, 1.807) is 22.6 Å². The number of anilines is 1. The molecule has 0 bridgehead atoms. The smallest absolute Gasteiger partial charge is 0.129 e. The second kappa shape index (κ2) is 5.61. The standard InChI is InChI=1S/C16H16N4S/c1-20-16(17)14(11-6-5-9-18-10-11)15(19-20)12-7-3-4-8-13(12)21-2/h3-10H,17H2,1-2H3. The number of pyridine rings is 1.